The molecular formula is C35H55B2LiO7S2. The Balaban J connectivity index is 0.000000636. The van der Waals surface area contributed by atoms with Gasteiger partial charge in [0.25, 0.3) is 0 Å². The third-order valence-electron chi connectivity index (χ3n) is 6.66. The molecule has 4 aromatic rings. The molecule has 0 saturated carbocycles. The largest absolute Gasteiger partial charge is 1.00 e. The number of aryl methyl sites for hydroxylation is 2. The normalized spacial score (nSPS) is 10.5. The Hall–Kier alpha value is -1.51. The quantitative estimate of drug-likeness (QED) is 0.167. The maximum atomic E-state index is 9.15. The maximum Gasteiger partial charge on any atom is 1.00 e. The third kappa shape index (κ3) is 14.9. The summed E-state index contributed by atoms with van der Waals surface area (Å²) in [6.45, 7) is 25.7. The van der Waals surface area contributed by atoms with Crippen molar-refractivity contribution in [2.24, 2.45) is 0 Å². The van der Waals surface area contributed by atoms with Crippen LogP contribution in [0, 0.1) is 34.6 Å². The van der Waals surface area contributed by atoms with Crippen molar-refractivity contribution < 1.29 is 52.3 Å². The fourth-order valence-electron chi connectivity index (χ4n) is 4.09. The molecule has 2 aromatic heterocycles. The number of thiophene rings is 2. The van der Waals surface area contributed by atoms with E-state index in [9.17, 15) is 0 Å². The number of benzene rings is 2. The van der Waals surface area contributed by atoms with Gasteiger partial charge in [0, 0.05) is 23.1 Å². The first-order valence-electron chi connectivity index (χ1n) is 15.8. The second kappa shape index (κ2) is 23.0. The van der Waals surface area contributed by atoms with E-state index in [0.717, 1.165) is 39.1 Å². The molecule has 0 aliphatic carbocycles. The summed E-state index contributed by atoms with van der Waals surface area (Å²) < 4.78 is 29.8. The van der Waals surface area contributed by atoms with Crippen LogP contribution in [0.4, 0.5) is 0 Å². The van der Waals surface area contributed by atoms with Gasteiger partial charge >= 0.3 is 33.3 Å². The Morgan fingerprint density at radius 2 is 1.17 bits per heavy atom. The predicted molar refractivity (Wildman–Crippen MR) is 200 cm³/mol. The second-order valence-electron chi connectivity index (χ2n) is 11.7. The van der Waals surface area contributed by atoms with Gasteiger partial charge in [0.05, 0.1) is 23.6 Å². The third-order valence-corrected chi connectivity index (χ3v) is 8.78. The van der Waals surface area contributed by atoms with E-state index in [1.54, 1.807) is 31.6 Å². The molecule has 0 radical (unpaired) electrons. The van der Waals surface area contributed by atoms with Gasteiger partial charge in [-0.05, 0) is 120 Å². The predicted octanol–water partition coefficient (Wildman–Crippen LogP) is 5.60. The Bertz CT molecular complexity index is 1430. The second-order valence-corrected chi connectivity index (χ2v) is 13.7. The number of rotatable bonds is 10. The minimum absolute atomic E-state index is 0. The molecule has 47 heavy (non-hydrogen) atoms. The fourth-order valence-corrected chi connectivity index (χ4v) is 6.14. The zero-order chi connectivity index (χ0) is 35.1. The van der Waals surface area contributed by atoms with Crippen LogP contribution in [0.25, 0.3) is 20.2 Å². The average molecular weight is 681 g/mol. The zero-order valence-electron chi connectivity index (χ0n) is 31.1. The van der Waals surface area contributed by atoms with Crippen LogP contribution in [0.1, 0.15) is 83.6 Å². The van der Waals surface area contributed by atoms with Gasteiger partial charge in [0.15, 0.2) is 0 Å². The van der Waals surface area contributed by atoms with Crippen LogP contribution in [0.2, 0.25) is 0 Å². The van der Waals surface area contributed by atoms with Crippen LogP contribution in [0.3, 0.4) is 0 Å². The standard InChI is InChI=1S/C11H13BO3S.C11H12OS.C9H21BO3.C4H9.Li/c1-6-4-8-5-9(12(13)14)16-11(8)10(15-3)7(6)2;1-7-6-9-4-5-13-11(9)10(12-3)8(7)2;1-7(2)11-10(12-8(3)4)13-9(5)6;1-3-4-2;/h4-5,13-14H,1-3H3;4-6H,1-3H3;7-9H,1-6H3;1,3-4H2,2H3;/q;;;-1;+1. The van der Waals surface area contributed by atoms with Crippen molar-refractivity contribution in [3.05, 3.63) is 58.8 Å². The number of ether oxygens (including phenoxy) is 2. The van der Waals surface area contributed by atoms with Crippen LogP contribution < -0.4 is 33.1 Å². The monoisotopic (exact) mass is 680 g/mol. The Labute approximate surface area is 304 Å². The van der Waals surface area contributed by atoms with Crippen molar-refractivity contribution in [3.8, 4) is 11.5 Å². The summed E-state index contributed by atoms with van der Waals surface area (Å²) in [6, 6.07) is 8.17. The molecule has 0 spiro atoms. The van der Waals surface area contributed by atoms with E-state index in [1.807, 2.05) is 61.5 Å². The minimum atomic E-state index is -1.41. The molecule has 0 aliphatic rings. The first-order valence-corrected chi connectivity index (χ1v) is 17.5. The van der Waals surface area contributed by atoms with Gasteiger partial charge in [-0.15, -0.1) is 22.7 Å². The van der Waals surface area contributed by atoms with Gasteiger partial charge in [-0.25, -0.2) is 0 Å². The molecule has 0 saturated heterocycles. The molecule has 0 amide bonds. The summed E-state index contributed by atoms with van der Waals surface area (Å²) in [5.41, 5.74) is 4.78. The van der Waals surface area contributed by atoms with Crippen LogP contribution in [0.15, 0.2) is 29.6 Å². The van der Waals surface area contributed by atoms with Gasteiger partial charge in [-0.3, -0.25) is 0 Å². The zero-order valence-corrected chi connectivity index (χ0v) is 32.8. The van der Waals surface area contributed by atoms with Gasteiger partial charge in [-0.1, -0.05) is 25.5 Å². The smallest absolute Gasteiger partial charge is 0.495 e. The van der Waals surface area contributed by atoms with Crippen molar-refractivity contribution in [2.45, 2.75) is 107 Å². The molecule has 4 rings (SSSR count). The van der Waals surface area contributed by atoms with E-state index in [-0.39, 0.29) is 37.2 Å². The van der Waals surface area contributed by atoms with Gasteiger partial charge < -0.3 is 40.4 Å². The number of fused-ring (bicyclic) bond motifs is 2. The maximum absolute atomic E-state index is 9.15. The number of methoxy groups -OCH3 is 2. The van der Waals surface area contributed by atoms with Gasteiger partial charge in [0.1, 0.15) is 11.5 Å². The Morgan fingerprint density at radius 1 is 0.745 bits per heavy atom. The van der Waals surface area contributed by atoms with Crippen molar-refractivity contribution in [1.29, 1.82) is 0 Å². The molecule has 0 fully saturated rings. The Morgan fingerprint density at radius 3 is 1.55 bits per heavy atom. The Kier molecular flexibility index (Phi) is 22.3. The molecule has 0 aliphatic heterocycles. The van der Waals surface area contributed by atoms with E-state index < -0.39 is 14.4 Å². The summed E-state index contributed by atoms with van der Waals surface area (Å²) in [5, 5.41) is 22.7. The number of hydrogen-bond acceptors (Lipinski definition) is 9. The van der Waals surface area contributed by atoms with Crippen molar-refractivity contribution in [3.63, 3.8) is 0 Å². The molecule has 0 unspecified atom stereocenters. The molecule has 0 bridgehead atoms. The first kappa shape index (κ1) is 45.5. The van der Waals surface area contributed by atoms with Crippen molar-refractivity contribution >= 4 is 62.1 Å². The summed E-state index contributed by atoms with van der Waals surface area (Å²) in [6.07, 6.45) is 2.62. The SMILES string of the molecule is CC(C)OB(OC(C)C)OC(C)C.COc1c(C)c(C)cc2cc(B(O)O)sc12.COc1c(C)c(C)cc2ccsc12.[CH2-]CCC.[Li+]. The van der Waals surface area contributed by atoms with E-state index in [4.69, 9.17) is 33.5 Å². The van der Waals surface area contributed by atoms with Crippen molar-refractivity contribution in [2.75, 3.05) is 14.2 Å². The van der Waals surface area contributed by atoms with E-state index in [1.165, 1.54) is 39.0 Å². The molecule has 12 heteroatoms. The van der Waals surface area contributed by atoms with Crippen LogP contribution in [0.5, 0.6) is 11.5 Å². The summed E-state index contributed by atoms with van der Waals surface area (Å²) in [7, 11) is 1.42. The molecule has 2 heterocycles. The van der Waals surface area contributed by atoms with E-state index >= 15 is 0 Å². The molecule has 0 atom stereocenters. The van der Waals surface area contributed by atoms with Crippen LogP contribution in [-0.2, 0) is 14.0 Å². The average Bonchev–Trinajstić information content (AvgIpc) is 3.61. The van der Waals surface area contributed by atoms with Crippen LogP contribution >= 0.6 is 22.7 Å². The molecule has 2 aromatic carbocycles. The fraction of sp³-hybridized carbons (Fsp3) is 0.514. The number of hydrogen-bond donors (Lipinski definition) is 2. The summed E-state index contributed by atoms with van der Waals surface area (Å²) in [4.78, 5) is 0. The van der Waals surface area contributed by atoms with Gasteiger partial charge in [-0.2, -0.15) is 6.42 Å². The number of unbranched alkanes of at least 4 members (excludes halogenated alkanes) is 1. The molecular weight excluding hydrogens is 625 g/mol. The van der Waals surface area contributed by atoms with Gasteiger partial charge in [0.2, 0.25) is 0 Å². The molecule has 256 valence electrons. The topological polar surface area (TPSA) is 86.6 Å². The van der Waals surface area contributed by atoms with Crippen LogP contribution in [-0.4, -0.2) is 57.0 Å². The van der Waals surface area contributed by atoms with E-state index in [2.05, 4.69) is 45.2 Å². The summed E-state index contributed by atoms with van der Waals surface area (Å²) in [5.74, 6) is 1.86. The molecule has 2 N–H and O–H groups in total. The molecule has 7 nitrogen and oxygen atoms in total. The van der Waals surface area contributed by atoms with E-state index in [0.29, 0.717) is 4.78 Å². The summed E-state index contributed by atoms with van der Waals surface area (Å²) >= 11 is 3.09. The van der Waals surface area contributed by atoms with Crippen molar-refractivity contribution in [1.82, 2.24) is 0 Å². The first-order chi connectivity index (χ1) is 21.6. The minimum Gasteiger partial charge on any atom is -0.495 e.